The lowest BCUT2D eigenvalue weighted by molar-refractivity contribution is 0.102. The molecule has 0 radical (unpaired) electrons. The minimum Gasteiger partial charge on any atom is -0.497 e. The topological polar surface area (TPSA) is 85.4 Å². The highest BCUT2D eigenvalue weighted by molar-refractivity contribution is 6.05. The van der Waals surface area contributed by atoms with Gasteiger partial charge in [0.1, 0.15) is 11.5 Å². The van der Waals surface area contributed by atoms with Crippen molar-refractivity contribution < 1.29 is 14.3 Å². The summed E-state index contributed by atoms with van der Waals surface area (Å²) < 4.78 is 10.3. The van der Waals surface area contributed by atoms with Crippen molar-refractivity contribution in [3.8, 4) is 11.5 Å². The van der Waals surface area contributed by atoms with Crippen molar-refractivity contribution in [2.45, 2.75) is 0 Å². The van der Waals surface area contributed by atoms with Gasteiger partial charge in [-0.05, 0) is 48.5 Å². The maximum Gasteiger partial charge on any atom is 0.260 e. The van der Waals surface area contributed by atoms with E-state index in [0.29, 0.717) is 22.9 Å². The standard InChI is InChI=1S/C19H18N4O3/c1-25-14-9-7-13(8-10-14)20-17-11-12-18(23-22-17)21-19(24)15-5-3-4-6-16(15)26-2/h3-12H,1-2H3,(H,20,22)(H,21,23,24). The number of anilines is 3. The largest absolute Gasteiger partial charge is 0.497 e. The Balaban J connectivity index is 1.66. The number of hydrogen-bond acceptors (Lipinski definition) is 6. The first-order chi connectivity index (χ1) is 12.7. The quantitative estimate of drug-likeness (QED) is 0.708. The van der Waals surface area contributed by atoms with Crippen LogP contribution in [0.3, 0.4) is 0 Å². The van der Waals surface area contributed by atoms with Crippen molar-refractivity contribution >= 4 is 23.2 Å². The lowest BCUT2D eigenvalue weighted by Gasteiger charge is -2.09. The van der Waals surface area contributed by atoms with Gasteiger partial charge in [-0.2, -0.15) is 0 Å². The molecule has 2 aromatic carbocycles. The molecule has 0 saturated heterocycles. The molecule has 132 valence electrons. The van der Waals surface area contributed by atoms with Gasteiger partial charge < -0.3 is 20.1 Å². The number of aromatic nitrogens is 2. The van der Waals surface area contributed by atoms with Crippen molar-refractivity contribution in [1.82, 2.24) is 10.2 Å². The van der Waals surface area contributed by atoms with Gasteiger partial charge in [-0.25, -0.2) is 0 Å². The van der Waals surface area contributed by atoms with Crippen LogP contribution in [0, 0.1) is 0 Å². The molecule has 7 nitrogen and oxygen atoms in total. The Hall–Kier alpha value is -3.61. The molecule has 0 saturated carbocycles. The average Bonchev–Trinajstić information content (AvgIpc) is 2.70. The molecule has 0 bridgehead atoms. The van der Waals surface area contributed by atoms with Gasteiger partial charge >= 0.3 is 0 Å². The Morgan fingerprint density at radius 3 is 2.19 bits per heavy atom. The number of carbonyl (C=O) groups is 1. The highest BCUT2D eigenvalue weighted by atomic mass is 16.5. The summed E-state index contributed by atoms with van der Waals surface area (Å²) in [5, 5.41) is 13.9. The zero-order valence-electron chi connectivity index (χ0n) is 14.4. The first-order valence-corrected chi connectivity index (χ1v) is 7.89. The number of benzene rings is 2. The molecule has 7 heteroatoms. The summed E-state index contributed by atoms with van der Waals surface area (Å²) in [6, 6.07) is 17.8. The predicted octanol–water partition coefficient (Wildman–Crippen LogP) is 3.49. The van der Waals surface area contributed by atoms with Gasteiger partial charge in [0.15, 0.2) is 11.6 Å². The van der Waals surface area contributed by atoms with E-state index in [-0.39, 0.29) is 5.91 Å². The average molecular weight is 350 g/mol. The maximum atomic E-state index is 12.3. The molecule has 0 unspecified atom stereocenters. The van der Waals surface area contributed by atoms with E-state index in [4.69, 9.17) is 9.47 Å². The fourth-order valence-electron chi connectivity index (χ4n) is 2.30. The Morgan fingerprint density at radius 1 is 0.846 bits per heavy atom. The van der Waals surface area contributed by atoms with Crippen LogP contribution >= 0.6 is 0 Å². The molecule has 26 heavy (non-hydrogen) atoms. The van der Waals surface area contributed by atoms with Gasteiger partial charge in [0.05, 0.1) is 19.8 Å². The molecule has 1 heterocycles. The number of amides is 1. The van der Waals surface area contributed by atoms with Gasteiger partial charge in [0, 0.05) is 5.69 Å². The summed E-state index contributed by atoms with van der Waals surface area (Å²) in [4.78, 5) is 12.3. The molecule has 0 aliphatic carbocycles. The first-order valence-electron chi connectivity index (χ1n) is 7.89. The third-order valence-electron chi connectivity index (χ3n) is 3.62. The number of methoxy groups -OCH3 is 2. The second kappa shape index (κ2) is 7.98. The van der Waals surface area contributed by atoms with E-state index in [1.54, 1.807) is 43.5 Å². The van der Waals surface area contributed by atoms with E-state index in [1.165, 1.54) is 7.11 Å². The Bertz CT molecular complexity index is 880. The molecule has 0 atom stereocenters. The maximum absolute atomic E-state index is 12.3. The normalized spacial score (nSPS) is 10.1. The van der Waals surface area contributed by atoms with Crippen LogP contribution < -0.4 is 20.1 Å². The minimum atomic E-state index is -0.312. The van der Waals surface area contributed by atoms with Crippen molar-refractivity contribution in [2.24, 2.45) is 0 Å². The van der Waals surface area contributed by atoms with Gasteiger partial charge in [-0.3, -0.25) is 4.79 Å². The smallest absolute Gasteiger partial charge is 0.260 e. The lowest BCUT2D eigenvalue weighted by atomic mass is 10.2. The van der Waals surface area contributed by atoms with Crippen molar-refractivity contribution in [2.75, 3.05) is 24.9 Å². The predicted molar refractivity (Wildman–Crippen MR) is 99.3 cm³/mol. The number of ether oxygens (including phenoxy) is 2. The number of para-hydroxylation sites is 1. The van der Waals surface area contributed by atoms with E-state index in [1.807, 2.05) is 24.3 Å². The number of rotatable bonds is 6. The van der Waals surface area contributed by atoms with Crippen LogP contribution in [0.2, 0.25) is 0 Å². The molecular formula is C19H18N4O3. The molecule has 0 fully saturated rings. The first kappa shape index (κ1) is 17.2. The molecule has 0 spiro atoms. The Kier molecular flexibility index (Phi) is 5.28. The summed E-state index contributed by atoms with van der Waals surface area (Å²) in [5.74, 6) is 1.87. The molecule has 0 aliphatic rings. The third kappa shape index (κ3) is 4.07. The minimum absolute atomic E-state index is 0.312. The number of nitrogens with one attached hydrogen (secondary N) is 2. The van der Waals surface area contributed by atoms with E-state index in [0.717, 1.165) is 11.4 Å². The summed E-state index contributed by atoms with van der Waals surface area (Å²) in [6.45, 7) is 0. The number of nitrogens with zero attached hydrogens (tertiary/aromatic N) is 2. The zero-order chi connectivity index (χ0) is 18.4. The molecule has 1 amide bonds. The van der Waals surface area contributed by atoms with Crippen LogP contribution in [0.25, 0.3) is 0 Å². The highest BCUT2D eigenvalue weighted by Gasteiger charge is 2.12. The summed E-state index contributed by atoms with van der Waals surface area (Å²) >= 11 is 0. The van der Waals surface area contributed by atoms with Crippen LogP contribution in [0.1, 0.15) is 10.4 Å². The Morgan fingerprint density at radius 2 is 1.54 bits per heavy atom. The summed E-state index contributed by atoms with van der Waals surface area (Å²) in [5.41, 5.74) is 1.28. The second-order valence-electron chi connectivity index (χ2n) is 5.31. The Labute approximate surface area is 151 Å². The summed E-state index contributed by atoms with van der Waals surface area (Å²) in [6.07, 6.45) is 0. The molecule has 1 aromatic heterocycles. The van der Waals surface area contributed by atoms with Crippen molar-refractivity contribution in [3.63, 3.8) is 0 Å². The summed E-state index contributed by atoms with van der Waals surface area (Å²) in [7, 11) is 3.14. The molecule has 2 N–H and O–H groups in total. The molecular weight excluding hydrogens is 332 g/mol. The van der Waals surface area contributed by atoms with Crippen LogP contribution in [-0.4, -0.2) is 30.3 Å². The van der Waals surface area contributed by atoms with Crippen molar-refractivity contribution in [1.29, 1.82) is 0 Å². The number of hydrogen-bond donors (Lipinski definition) is 2. The molecule has 3 rings (SSSR count). The fourth-order valence-corrected chi connectivity index (χ4v) is 2.30. The van der Waals surface area contributed by atoms with Gasteiger partial charge in [-0.1, -0.05) is 12.1 Å². The van der Waals surface area contributed by atoms with Crippen LogP contribution in [0.15, 0.2) is 60.7 Å². The van der Waals surface area contributed by atoms with Gasteiger partial charge in [0.2, 0.25) is 0 Å². The lowest BCUT2D eigenvalue weighted by Crippen LogP contribution is -2.14. The third-order valence-corrected chi connectivity index (χ3v) is 3.62. The van der Waals surface area contributed by atoms with Gasteiger partial charge in [-0.15, -0.1) is 10.2 Å². The monoisotopic (exact) mass is 350 g/mol. The van der Waals surface area contributed by atoms with E-state index in [2.05, 4.69) is 20.8 Å². The SMILES string of the molecule is COc1ccc(Nc2ccc(NC(=O)c3ccccc3OC)nn2)cc1. The van der Waals surface area contributed by atoms with E-state index < -0.39 is 0 Å². The zero-order valence-corrected chi connectivity index (χ0v) is 14.4. The van der Waals surface area contributed by atoms with Crippen molar-refractivity contribution in [3.05, 3.63) is 66.2 Å². The van der Waals surface area contributed by atoms with Crippen LogP contribution in [0.4, 0.5) is 17.3 Å². The molecule has 3 aromatic rings. The van der Waals surface area contributed by atoms with Crippen LogP contribution in [0.5, 0.6) is 11.5 Å². The van der Waals surface area contributed by atoms with E-state index >= 15 is 0 Å². The highest BCUT2D eigenvalue weighted by Crippen LogP contribution is 2.20. The van der Waals surface area contributed by atoms with Gasteiger partial charge in [0.25, 0.3) is 5.91 Å². The van der Waals surface area contributed by atoms with Crippen LogP contribution in [-0.2, 0) is 0 Å². The van der Waals surface area contributed by atoms with E-state index in [9.17, 15) is 4.79 Å². The number of carbonyl (C=O) groups excluding carboxylic acids is 1. The fraction of sp³-hybridized carbons (Fsp3) is 0.105. The molecule has 0 aliphatic heterocycles. The second-order valence-corrected chi connectivity index (χ2v) is 5.31.